The summed E-state index contributed by atoms with van der Waals surface area (Å²) in [6, 6.07) is 21.7. The summed E-state index contributed by atoms with van der Waals surface area (Å²) in [4.78, 5) is 4.75. The van der Waals surface area contributed by atoms with E-state index in [9.17, 15) is 13.5 Å². The molecule has 0 bridgehead atoms. The maximum absolute atomic E-state index is 11.9. The van der Waals surface area contributed by atoms with E-state index in [2.05, 4.69) is 0 Å². The number of hydrogen-bond acceptors (Lipinski definition) is 5. The molecule has 1 aliphatic rings. The summed E-state index contributed by atoms with van der Waals surface area (Å²) >= 11 is 0. The lowest BCUT2D eigenvalue weighted by Crippen LogP contribution is -2.25. The number of benzene rings is 3. The highest BCUT2D eigenvalue weighted by Crippen LogP contribution is 2.27. The molecule has 2 heterocycles. The van der Waals surface area contributed by atoms with Crippen LogP contribution >= 0.6 is 0 Å². The third kappa shape index (κ3) is 4.36. The number of para-hydroxylation sites is 2. The number of imidazole rings is 1. The molecule has 0 saturated carbocycles. The van der Waals surface area contributed by atoms with Crippen molar-refractivity contribution < 1.29 is 18.3 Å². The van der Waals surface area contributed by atoms with Gasteiger partial charge in [-0.15, -0.1) is 0 Å². The second-order valence-electron chi connectivity index (χ2n) is 8.54. The quantitative estimate of drug-likeness (QED) is 0.465. The Morgan fingerprint density at radius 3 is 2.69 bits per heavy atom. The number of sulfone groups is 1. The van der Waals surface area contributed by atoms with Gasteiger partial charge in [0.1, 0.15) is 24.3 Å². The number of aliphatic hydroxyl groups is 1. The molecule has 0 radical (unpaired) electrons. The molecular weight excluding hydrogens is 424 g/mol. The highest BCUT2D eigenvalue weighted by atomic mass is 32.2. The van der Waals surface area contributed by atoms with Crippen LogP contribution in [0.4, 0.5) is 0 Å². The SMILES string of the molecule is O=S1(=O)CCC(Cc2nc3ccccc3n2CC(O)COc2cccc3ccccc23)C1. The second-order valence-corrected chi connectivity index (χ2v) is 10.8. The molecule has 32 heavy (non-hydrogen) atoms. The van der Waals surface area contributed by atoms with Crippen molar-refractivity contribution in [1.82, 2.24) is 9.55 Å². The zero-order valence-corrected chi connectivity index (χ0v) is 18.5. The standard InChI is InChI=1S/C25H26N2O4S/c28-20(16-31-24-11-5-7-19-6-1-2-8-21(19)24)15-27-23-10-4-3-9-22(23)26-25(27)14-18-12-13-32(29,30)17-18/h1-11,18,20,28H,12-17H2. The maximum atomic E-state index is 11.9. The molecule has 0 spiro atoms. The summed E-state index contributed by atoms with van der Waals surface area (Å²) in [5, 5.41) is 12.9. The van der Waals surface area contributed by atoms with Crippen LogP contribution in [0.5, 0.6) is 5.75 Å². The van der Waals surface area contributed by atoms with Gasteiger partial charge in [-0.25, -0.2) is 13.4 Å². The van der Waals surface area contributed by atoms with E-state index in [-0.39, 0.29) is 24.0 Å². The molecule has 1 aliphatic heterocycles. The summed E-state index contributed by atoms with van der Waals surface area (Å²) in [6.07, 6.45) is 0.515. The molecule has 1 aromatic heterocycles. The van der Waals surface area contributed by atoms with Gasteiger partial charge in [-0.1, -0.05) is 48.5 Å². The molecule has 2 unspecified atom stereocenters. The molecular formula is C25H26N2O4S. The van der Waals surface area contributed by atoms with E-state index in [0.29, 0.717) is 19.4 Å². The van der Waals surface area contributed by atoms with E-state index in [0.717, 1.165) is 33.4 Å². The third-order valence-electron chi connectivity index (χ3n) is 6.11. The Kier molecular flexibility index (Phi) is 5.61. The van der Waals surface area contributed by atoms with Crippen LogP contribution in [-0.4, -0.2) is 47.3 Å². The fraction of sp³-hybridized carbons (Fsp3) is 0.320. The van der Waals surface area contributed by atoms with Crippen LogP contribution < -0.4 is 4.74 Å². The molecule has 1 N–H and O–H groups in total. The van der Waals surface area contributed by atoms with Gasteiger partial charge in [0, 0.05) is 11.8 Å². The normalized spacial score (nSPS) is 18.8. The van der Waals surface area contributed by atoms with E-state index < -0.39 is 15.9 Å². The predicted molar refractivity (Wildman–Crippen MR) is 126 cm³/mol. The van der Waals surface area contributed by atoms with E-state index in [1.54, 1.807) is 0 Å². The first-order valence-electron chi connectivity index (χ1n) is 10.9. The van der Waals surface area contributed by atoms with Crippen LogP contribution in [0, 0.1) is 5.92 Å². The van der Waals surface area contributed by atoms with Crippen molar-refractivity contribution in [2.75, 3.05) is 18.1 Å². The fourth-order valence-electron chi connectivity index (χ4n) is 4.55. The van der Waals surface area contributed by atoms with Crippen molar-refractivity contribution in [3.63, 3.8) is 0 Å². The Morgan fingerprint density at radius 1 is 1.06 bits per heavy atom. The summed E-state index contributed by atoms with van der Waals surface area (Å²) < 4.78 is 31.8. The van der Waals surface area contributed by atoms with Crippen molar-refractivity contribution in [3.05, 3.63) is 72.6 Å². The van der Waals surface area contributed by atoms with Crippen molar-refractivity contribution >= 4 is 31.6 Å². The number of nitrogens with zero attached hydrogens (tertiary/aromatic N) is 2. The van der Waals surface area contributed by atoms with Crippen LogP contribution in [0.1, 0.15) is 12.2 Å². The minimum Gasteiger partial charge on any atom is -0.490 e. The molecule has 166 valence electrons. The van der Waals surface area contributed by atoms with Crippen molar-refractivity contribution in [1.29, 1.82) is 0 Å². The monoisotopic (exact) mass is 450 g/mol. The topological polar surface area (TPSA) is 81.4 Å². The zero-order valence-electron chi connectivity index (χ0n) is 17.7. The largest absolute Gasteiger partial charge is 0.490 e. The maximum Gasteiger partial charge on any atom is 0.150 e. The molecule has 6 nitrogen and oxygen atoms in total. The summed E-state index contributed by atoms with van der Waals surface area (Å²) in [5.41, 5.74) is 1.79. The Bertz CT molecular complexity index is 1360. The van der Waals surface area contributed by atoms with Crippen molar-refractivity contribution in [3.8, 4) is 5.75 Å². The average molecular weight is 451 g/mol. The molecule has 1 fully saturated rings. The summed E-state index contributed by atoms with van der Waals surface area (Å²) in [5.74, 6) is 2.09. The highest BCUT2D eigenvalue weighted by molar-refractivity contribution is 7.91. The zero-order chi connectivity index (χ0) is 22.1. The molecule has 2 atom stereocenters. The number of aromatic nitrogens is 2. The lowest BCUT2D eigenvalue weighted by molar-refractivity contribution is 0.0933. The Hall–Kier alpha value is -2.90. The lowest BCUT2D eigenvalue weighted by atomic mass is 10.1. The summed E-state index contributed by atoms with van der Waals surface area (Å²) in [6.45, 7) is 0.484. The van der Waals surface area contributed by atoms with Gasteiger partial charge in [0.2, 0.25) is 0 Å². The first-order chi connectivity index (χ1) is 15.5. The summed E-state index contributed by atoms with van der Waals surface area (Å²) in [7, 11) is -2.95. The number of rotatable bonds is 7. The van der Waals surface area contributed by atoms with Gasteiger partial charge in [0.15, 0.2) is 9.84 Å². The number of hydrogen-bond donors (Lipinski definition) is 1. The molecule has 0 aliphatic carbocycles. The molecule has 1 saturated heterocycles. The average Bonchev–Trinajstić information content (AvgIpc) is 3.31. The van der Waals surface area contributed by atoms with E-state index in [4.69, 9.17) is 9.72 Å². The van der Waals surface area contributed by atoms with Gasteiger partial charge in [-0.2, -0.15) is 0 Å². The van der Waals surface area contributed by atoms with Crippen LogP contribution in [0.3, 0.4) is 0 Å². The predicted octanol–water partition coefficient (Wildman–Crippen LogP) is 3.61. The van der Waals surface area contributed by atoms with Crippen molar-refractivity contribution in [2.45, 2.75) is 25.5 Å². The molecule has 4 aromatic rings. The Morgan fingerprint density at radius 2 is 1.84 bits per heavy atom. The lowest BCUT2D eigenvalue weighted by Gasteiger charge is -2.17. The van der Waals surface area contributed by atoms with Gasteiger partial charge < -0.3 is 14.4 Å². The third-order valence-corrected chi connectivity index (χ3v) is 7.94. The van der Waals surface area contributed by atoms with Gasteiger partial charge in [0.25, 0.3) is 0 Å². The first kappa shape index (κ1) is 21.0. The van der Waals surface area contributed by atoms with Crippen LogP contribution in [0.15, 0.2) is 66.7 Å². The van der Waals surface area contributed by atoms with Gasteiger partial charge in [-0.05, 0) is 35.9 Å². The Labute approximate surface area is 187 Å². The minimum atomic E-state index is -2.95. The minimum absolute atomic E-state index is 0.0691. The van der Waals surface area contributed by atoms with E-state index in [1.165, 1.54) is 0 Å². The molecule has 7 heteroatoms. The second kappa shape index (κ2) is 8.56. The Balaban J connectivity index is 1.34. The smallest absolute Gasteiger partial charge is 0.150 e. The van der Waals surface area contributed by atoms with Crippen LogP contribution in [-0.2, 0) is 22.8 Å². The van der Waals surface area contributed by atoms with Crippen LogP contribution in [0.25, 0.3) is 21.8 Å². The molecule has 5 rings (SSSR count). The number of ether oxygens (including phenoxy) is 1. The molecule has 0 amide bonds. The number of fused-ring (bicyclic) bond motifs is 2. The highest BCUT2D eigenvalue weighted by Gasteiger charge is 2.29. The van der Waals surface area contributed by atoms with Crippen molar-refractivity contribution in [2.24, 2.45) is 5.92 Å². The van der Waals surface area contributed by atoms with Crippen LogP contribution in [0.2, 0.25) is 0 Å². The van der Waals surface area contributed by atoms with E-state index >= 15 is 0 Å². The van der Waals surface area contributed by atoms with Gasteiger partial charge in [0.05, 0.1) is 29.1 Å². The van der Waals surface area contributed by atoms with Gasteiger partial charge in [-0.3, -0.25) is 0 Å². The first-order valence-corrected chi connectivity index (χ1v) is 12.7. The van der Waals surface area contributed by atoms with E-state index in [1.807, 2.05) is 71.3 Å². The fourth-order valence-corrected chi connectivity index (χ4v) is 6.41. The molecule has 3 aromatic carbocycles. The van der Waals surface area contributed by atoms with Gasteiger partial charge >= 0.3 is 0 Å². The number of aliphatic hydroxyl groups excluding tert-OH is 1.